The van der Waals surface area contributed by atoms with Crippen molar-refractivity contribution in [2.24, 2.45) is 10.8 Å². The van der Waals surface area contributed by atoms with E-state index in [-0.39, 0.29) is 77.8 Å². The van der Waals surface area contributed by atoms with E-state index in [1.807, 2.05) is 162 Å². The number of urea groups is 1. The number of nitrogens with zero attached hydrogens (tertiary/aromatic N) is 1. The molecule has 0 unspecified atom stereocenters. The van der Waals surface area contributed by atoms with Gasteiger partial charge < -0.3 is 39.1 Å². The van der Waals surface area contributed by atoms with Gasteiger partial charge in [-0.3, -0.25) is 19.4 Å². The number of carbonyl (C=O) groups excluding carboxylic acids is 4. The van der Waals surface area contributed by atoms with Crippen molar-refractivity contribution in [3.63, 3.8) is 0 Å². The van der Waals surface area contributed by atoms with Gasteiger partial charge >= 0.3 is 6.03 Å². The molecule has 0 radical (unpaired) electrons. The van der Waals surface area contributed by atoms with Crippen LogP contribution in [-0.2, 0) is 39.3 Å². The number of aromatic nitrogens is 1. The van der Waals surface area contributed by atoms with Gasteiger partial charge in [-0.2, -0.15) is 0 Å². The Morgan fingerprint density at radius 1 is 0.407 bits per heavy atom. The summed E-state index contributed by atoms with van der Waals surface area (Å²) in [5.41, 5.74) is 5.80. The van der Waals surface area contributed by atoms with Crippen LogP contribution in [0.2, 0.25) is 5.02 Å². The van der Waals surface area contributed by atoms with Crippen molar-refractivity contribution in [2.45, 2.75) is 102 Å². The SMILES string of the molecule is CCNC(=O)c1ccc(Oc2cccc(-c3ccc(OC)cc3)c2)c(S(=O)(=O)NC(=O)NC(C)(C)C)c1.COc1ccc(-c2cccc(Oc3ccc(-c4ccncc4)cc3S(=O)(=O)CC(=O)CC(C)(C)C)c2)cc1.COc1ccc(-c2cccc(Oc3ccc(Cl)cc3S(=O)(=O)CC(=O)CC(C)(C)C)c2)cc1. The van der Waals surface area contributed by atoms with Gasteiger partial charge in [0.2, 0.25) is 0 Å². The highest BCUT2D eigenvalue weighted by Gasteiger charge is 2.31. The van der Waals surface area contributed by atoms with E-state index in [9.17, 15) is 44.4 Å². The van der Waals surface area contributed by atoms with Gasteiger partial charge in [0.1, 0.15) is 89.5 Å². The molecular weight excluding hydrogens is 1450 g/mol. The maximum atomic E-state index is 13.5. The van der Waals surface area contributed by atoms with Crippen LogP contribution >= 0.6 is 11.6 Å². The number of sulfone groups is 2. The molecule has 3 amide bonds. The highest BCUT2D eigenvalue weighted by molar-refractivity contribution is 7.92. The lowest BCUT2D eigenvalue weighted by Gasteiger charge is -2.21. The van der Waals surface area contributed by atoms with E-state index in [1.165, 1.54) is 30.3 Å². The van der Waals surface area contributed by atoms with Crippen LogP contribution < -0.4 is 43.8 Å². The molecular formula is C84H89ClN4O16S3. The Morgan fingerprint density at radius 3 is 1.16 bits per heavy atom. The molecule has 9 aromatic carbocycles. The lowest BCUT2D eigenvalue weighted by molar-refractivity contribution is -0.119. The fraction of sp³-hybridized carbons (Fsp3) is 0.250. The fourth-order valence-corrected chi connectivity index (χ4v) is 15.0. The summed E-state index contributed by atoms with van der Waals surface area (Å²) in [4.78, 5) is 53.4. The largest absolute Gasteiger partial charge is 0.497 e. The molecule has 0 saturated carbocycles. The zero-order chi connectivity index (χ0) is 78.8. The quantitative estimate of drug-likeness (QED) is 0.0479. The molecule has 0 fully saturated rings. The molecule has 24 heteroatoms. The number of pyridine rings is 1. The van der Waals surface area contributed by atoms with Crippen LogP contribution in [0.1, 0.15) is 92.4 Å². The summed E-state index contributed by atoms with van der Waals surface area (Å²) in [5, 5.41) is 5.43. The van der Waals surface area contributed by atoms with Crippen molar-refractivity contribution in [2.75, 3.05) is 39.4 Å². The summed E-state index contributed by atoms with van der Waals surface area (Å²) in [6.45, 7) is 18.7. The van der Waals surface area contributed by atoms with Gasteiger partial charge in [-0.05, 0) is 216 Å². The first kappa shape index (κ1) is 82.8. The predicted octanol–water partition coefficient (Wildman–Crippen LogP) is 18.3. The van der Waals surface area contributed by atoms with Crippen LogP contribution in [0, 0.1) is 10.8 Å². The smallest absolute Gasteiger partial charge is 0.329 e. The lowest BCUT2D eigenvalue weighted by atomic mass is 9.90. The first-order chi connectivity index (χ1) is 50.9. The van der Waals surface area contributed by atoms with Crippen molar-refractivity contribution in [3.8, 4) is 96.3 Å². The number of benzene rings is 9. The van der Waals surface area contributed by atoms with Crippen molar-refractivity contribution in [3.05, 3.63) is 235 Å². The Labute approximate surface area is 638 Å². The maximum Gasteiger partial charge on any atom is 0.329 e. The Morgan fingerprint density at radius 2 is 0.769 bits per heavy atom. The van der Waals surface area contributed by atoms with E-state index in [1.54, 1.807) is 128 Å². The van der Waals surface area contributed by atoms with Crippen molar-refractivity contribution >= 4 is 64.8 Å². The molecule has 0 atom stereocenters. The normalized spacial score (nSPS) is 11.6. The van der Waals surface area contributed by atoms with Crippen molar-refractivity contribution < 1.29 is 72.9 Å². The minimum atomic E-state index is -4.40. The second kappa shape index (κ2) is 36.2. The number of methoxy groups -OCH3 is 3. The third-order valence-corrected chi connectivity index (χ3v) is 20.7. The lowest BCUT2D eigenvalue weighted by Crippen LogP contribution is -2.48. The van der Waals surface area contributed by atoms with E-state index in [0.717, 1.165) is 56.2 Å². The standard InChI is InChI=1S/C31H31NO5S.C27H31N3O6S.C26H27ClO5S/c1-31(2,3)20-26(33)21-38(34,35)30-19-25(23-14-16-32-17-15-23)10-13-29(30)37-28-7-5-6-24(18-28)22-8-11-27(36-4)12-9-22;1-6-28-25(31)20-12-15-23(24(17-20)37(33,34)30-26(32)29-27(2,3)4)36-22-9-7-8-19(16-22)18-10-13-21(35-5)14-11-18;1-26(2,3)16-21(28)17-33(29,30)25-15-20(27)10-13-24(25)32-23-7-5-6-19(14-23)18-8-11-22(31-4)12-9-18/h5-19H,20-21H2,1-4H3;7-17H,6H2,1-5H3,(H,28,31)(H2,29,30,32);5-15H,16-17H2,1-4H3. The molecule has 10 aromatic rings. The number of Topliss-reactive ketones (excluding diaryl/α,β-unsaturated/α-hetero) is 2. The van der Waals surface area contributed by atoms with Gasteiger partial charge in [0, 0.05) is 47.9 Å². The number of halogens is 1. The fourth-order valence-electron chi connectivity index (χ4n) is 10.9. The van der Waals surface area contributed by atoms with Gasteiger partial charge in [0.15, 0.2) is 19.7 Å². The molecule has 108 heavy (non-hydrogen) atoms. The molecule has 0 saturated heterocycles. The Kier molecular flexibility index (Phi) is 27.7. The number of sulfonamides is 1. The summed E-state index contributed by atoms with van der Waals surface area (Å²) in [7, 11) is -7.52. The molecule has 0 aliphatic rings. The van der Waals surface area contributed by atoms with Gasteiger partial charge in [-0.15, -0.1) is 0 Å². The number of ketones is 2. The monoisotopic (exact) mass is 1540 g/mol. The highest BCUT2D eigenvalue weighted by Crippen LogP contribution is 2.39. The molecule has 20 nitrogen and oxygen atoms in total. The number of hydrogen-bond acceptors (Lipinski definition) is 17. The molecule has 3 N–H and O–H groups in total. The number of ether oxygens (including phenoxy) is 6. The van der Waals surface area contributed by atoms with Crippen molar-refractivity contribution in [1.29, 1.82) is 0 Å². The number of hydrogen-bond donors (Lipinski definition) is 3. The second-order valence-corrected chi connectivity index (χ2v) is 34.5. The summed E-state index contributed by atoms with van der Waals surface area (Å²) < 4.78 is 115. The summed E-state index contributed by atoms with van der Waals surface area (Å²) in [6, 6.07) is 60.6. The van der Waals surface area contributed by atoms with Gasteiger partial charge in [-0.25, -0.2) is 34.8 Å². The first-order valence-corrected chi connectivity index (χ1v) is 39.5. The minimum absolute atomic E-state index is 0.0241. The third kappa shape index (κ3) is 24.6. The first-order valence-electron chi connectivity index (χ1n) is 34.3. The minimum Gasteiger partial charge on any atom is -0.497 e. The molecule has 566 valence electrons. The second-order valence-electron chi connectivity index (χ2n) is 28.5. The summed E-state index contributed by atoms with van der Waals surface area (Å²) >= 11 is 6.08. The van der Waals surface area contributed by atoms with E-state index >= 15 is 0 Å². The Hall–Kier alpha value is -10.9. The van der Waals surface area contributed by atoms with Crippen LogP contribution in [0.4, 0.5) is 4.79 Å². The van der Waals surface area contributed by atoms with Crippen LogP contribution in [0.5, 0.6) is 51.7 Å². The van der Waals surface area contributed by atoms with E-state index < -0.39 is 58.7 Å². The van der Waals surface area contributed by atoms with E-state index in [2.05, 4.69) is 15.6 Å². The number of carbonyl (C=O) groups is 4. The van der Waals surface area contributed by atoms with E-state index in [4.69, 9.17) is 40.0 Å². The average molecular weight is 1540 g/mol. The summed E-state index contributed by atoms with van der Waals surface area (Å²) in [6.07, 6.45) is 3.61. The maximum absolute atomic E-state index is 13.5. The zero-order valence-electron chi connectivity index (χ0n) is 62.5. The van der Waals surface area contributed by atoms with Crippen LogP contribution in [0.25, 0.3) is 44.5 Å². The predicted molar refractivity (Wildman–Crippen MR) is 422 cm³/mol. The van der Waals surface area contributed by atoms with Gasteiger partial charge in [0.25, 0.3) is 15.9 Å². The van der Waals surface area contributed by atoms with Crippen LogP contribution in [-0.4, -0.2) is 98.7 Å². The Bertz CT molecular complexity index is 5180. The number of nitrogens with one attached hydrogen (secondary N) is 3. The van der Waals surface area contributed by atoms with Gasteiger partial charge in [0.05, 0.1) is 21.3 Å². The number of amides is 3. The summed E-state index contributed by atoms with van der Waals surface area (Å²) in [5.74, 6) is 1.45. The molecule has 0 aliphatic heterocycles. The molecule has 0 bridgehead atoms. The van der Waals surface area contributed by atoms with Crippen LogP contribution in [0.15, 0.2) is 239 Å². The molecule has 1 aromatic heterocycles. The molecule has 10 rings (SSSR count). The number of rotatable bonds is 25. The Balaban J connectivity index is 0.000000205. The average Bonchev–Trinajstić information content (AvgIpc) is 0.779. The topological polar surface area (TPSA) is 275 Å². The third-order valence-electron chi connectivity index (χ3n) is 15.7. The molecule has 1 heterocycles. The van der Waals surface area contributed by atoms with E-state index in [0.29, 0.717) is 29.4 Å². The zero-order valence-corrected chi connectivity index (χ0v) is 65.7. The molecule has 0 aliphatic carbocycles. The van der Waals surface area contributed by atoms with Crippen molar-refractivity contribution in [1.82, 2.24) is 20.3 Å². The van der Waals surface area contributed by atoms with Crippen LogP contribution in [0.3, 0.4) is 0 Å². The molecule has 0 spiro atoms. The van der Waals surface area contributed by atoms with Gasteiger partial charge in [-0.1, -0.05) is 132 Å². The highest BCUT2D eigenvalue weighted by atomic mass is 35.5.